The molecule has 3 N–H and O–H groups in total. The zero-order valence-corrected chi connectivity index (χ0v) is 32.0. The largest absolute Gasteiger partial charge is 0.460 e. The fraction of sp³-hybridized carbons (Fsp3) is 0.694. The Balaban J connectivity index is -0.000000360. The van der Waals surface area contributed by atoms with Gasteiger partial charge in [-0.1, -0.05) is 72.4 Å². The number of alkyl halides is 3. The lowest BCUT2D eigenvalue weighted by atomic mass is 9.91. The number of allylic oxidation sites excluding steroid dienone is 3. The molecule has 0 aromatic carbocycles. The molecule has 1 aliphatic rings. The molecule has 8 nitrogen and oxygen atoms in total. The monoisotopic (exact) mass is 677 g/mol. The van der Waals surface area contributed by atoms with Gasteiger partial charge < -0.3 is 25.4 Å². The summed E-state index contributed by atoms with van der Waals surface area (Å²) >= 11 is 0. The molecule has 1 aliphatic heterocycles. The molecule has 1 unspecified atom stereocenters. The third-order valence-corrected chi connectivity index (χ3v) is 5.45. The molecule has 1 atom stereocenters. The SMILES string of the molecule is C/C(=C\CN)C(F)(F)F.C=CC1=C(C(=O)N(CC(=C)C)CC(=O)OC(C)(C)C)NC(C(C)C)CC1.CC.CC.CC(=O)OC(C)(C)C. The number of hydrogen-bond acceptors (Lipinski definition) is 7. The first-order valence-corrected chi connectivity index (χ1v) is 16.3. The molecule has 1 amide bonds. The van der Waals surface area contributed by atoms with E-state index >= 15 is 0 Å². The summed E-state index contributed by atoms with van der Waals surface area (Å²) in [7, 11) is 0. The maximum Gasteiger partial charge on any atom is 0.412 e. The van der Waals surface area contributed by atoms with E-state index in [1.54, 1.807) is 6.08 Å². The van der Waals surface area contributed by atoms with E-state index in [1.165, 1.54) is 11.8 Å². The van der Waals surface area contributed by atoms with Crippen LogP contribution in [-0.2, 0) is 23.9 Å². The number of esters is 2. The highest BCUT2D eigenvalue weighted by Gasteiger charge is 2.30. The van der Waals surface area contributed by atoms with E-state index in [1.807, 2.05) is 76.2 Å². The van der Waals surface area contributed by atoms with Crippen LogP contribution in [0.3, 0.4) is 0 Å². The van der Waals surface area contributed by atoms with Crippen molar-refractivity contribution >= 4 is 17.8 Å². The normalized spacial score (nSPS) is 14.6. The molecule has 1 rings (SSSR count). The van der Waals surface area contributed by atoms with Gasteiger partial charge in [0.05, 0.1) is 0 Å². The fourth-order valence-corrected chi connectivity index (χ4v) is 3.63. The molecule has 0 spiro atoms. The summed E-state index contributed by atoms with van der Waals surface area (Å²) in [6, 6.07) is 0.228. The fourth-order valence-electron chi connectivity index (χ4n) is 3.63. The van der Waals surface area contributed by atoms with Crippen LogP contribution in [0.4, 0.5) is 13.2 Å². The molecular formula is C36H66F3N3O5. The number of carbonyl (C=O) groups is 3. The standard InChI is InChI=1S/C21H34N2O3.C6H12O2.C5H8F3N.2C2H6/c1-9-16-10-11-17(15(4)5)22-19(16)20(25)23(12-14(2)3)13-18(24)26-21(6,7)8;1-5(7)8-6(2,3)4;1-4(2-3-9)5(6,7)8;2*1-2/h9,15,17,22H,1-2,10-13H2,3-8H3;1-4H3;2H,3,9H2,1H3;2*1-2H3/b;;4-2+;;. The number of nitrogens with one attached hydrogen (secondary N) is 1. The van der Waals surface area contributed by atoms with Gasteiger partial charge in [0.25, 0.3) is 5.91 Å². The minimum atomic E-state index is -4.21. The first-order valence-electron chi connectivity index (χ1n) is 16.3. The van der Waals surface area contributed by atoms with E-state index in [9.17, 15) is 27.6 Å². The van der Waals surface area contributed by atoms with Crippen LogP contribution in [-0.4, -0.2) is 65.8 Å². The molecular weight excluding hydrogens is 611 g/mol. The molecule has 0 fully saturated rings. The van der Waals surface area contributed by atoms with Crippen molar-refractivity contribution in [3.8, 4) is 0 Å². The van der Waals surface area contributed by atoms with Gasteiger partial charge in [0.1, 0.15) is 23.4 Å². The van der Waals surface area contributed by atoms with Crippen molar-refractivity contribution in [2.75, 3.05) is 19.6 Å². The van der Waals surface area contributed by atoms with Gasteiger partial charge in [-0.2, -0.15) is 13.2 Å². The summed E-state index contributed by atoms with van der Waals surface area (Å²) in [5, 5.41) is 3.36. The van der Waals surface area contributed by atoms with E-state index < -0.39 is 23.3 Å². The molecule has 0 saturated heterocycles. The Kier molecular flexibility index (Phi) is 27.0. The van der Waals surface area contributed by atoms with Crippen molar-refractivity contribution in [1.82, 2.24) is 10.2 Å². The van der Waals surface area contributed by atoms with Gasteiger partial charge in [-0.05, 0) is 79.7 Å². The summed E-state index contributed by atoms with van der Waals surface area (Å²) in [4.78, 5) is 37.2. The Morgan fingerprint density at radius 3 is 1.70 bits per heavy atom. The highest BCUT2D eigenvalue weighted by atomic mass is 19.4. The lowest BCUT2D eigenvalue weighted by Crippen LogP contribution is -2.47. The molecule has 47 heavy (non-hydrogen) atoms. The number of rotatable bonds is 8. The van der Waals surface area contributed by atoms with Crippen LogP contribution >= 0.6 is 0 Å². The topological polar surface area (TPSA) is 111 Å². The van der Waals surface area contributed by atoms with Gasteiger partial charge in [0, 0.05) is 31.6 Å². The van der Waals surface area contributed by atoms with Crippen molar-refractivity contribution in [2.45, 2.75) is 140 Å². The van der Waals surface area contributed by atoms with Crippen LogP contribution in [0.2, 0.25) is 0 Å². The lowest BCUT2D eigenvalue weighted by molar-refractivity contribution is -0.158. The Hall–Kier alpha value is -3.08. The van der Waals surface area contributed by atoms with Crippen molar-refractivity contribution in [2.24, 2.45) is 11.7 Å². The van der Waals surface area contributed by atoms with Gasteiger partial charge in [-0.25, -0.2) is 0 Å². The highest BCUT2D eigenvalue weighted by molar-refractivity contribution is 5.96. The maximum absolute atomic E-state index is 13.2. The van der Waals surface area contributed by atoms with Crippen LogP contribution in [0.5, 0.6) is 0 Å². The smallest absolute Gasteiger partial charge is 0.412 e. The summed E-state index contributed by atoms with van der Waals surface area (Å²) in [5.74, 6) is -0.453. The Morgan fingerprint density at radius 1 is 0.957 bits per heavy atom. The van der Waals surface area contributed by atoms with Gasteiger partial charge in [0.15, 0.2) is 0 Å². The zero-order valence-electron chi connectivity index (χ0n) is 32.0. The first kappa shape index (κ1) is 50.8. The van der Waals surface area contributed by atoms with Gasteiger partial charge in [-0.3, -0.25) is 14.4 Å². The van der Waals surface area contributed by atoms with E-state index in [0.29, 0.717) is 18.2 Å². The molecule has 0 saturated carbocycles. The van der Waals surface area contributed by atoms with E-state index in [0.717, 1.165) is 37.0 Å². The molecule has 0 aromatic rings. The molecule has 1 heterocycles. The molecule has 0 radical (unpaired) electrons. The van der Waals surface area contributed by atoms with Crippen LogP contribution in [0.25, 0.3) is 0 Å². The van der Waals surface area contributed by atoms with Gasteiger partial charge in [-0.15, -0.1) is 0 Å². The van der Waals surface area contributed by atoms with Gasteiger partial charge in [0.2, 0.25) is 0 Å². The van der Waals surface area contributed by atoms with Crippen LogP contribution in [0.1, 0.15) is 117 Å². The molecule has 0 aromatic heterocycles. The molecule has 11 heteroatoms. The van der Waals surface area contributed by atoms with E-state index in [4.69, 9.17) is 15.2 Å². The number of ether oxygens (including phenoxy) is 2. The summed E-state index contributed by atoms with van der Waals surface area (Å²) in [6.45, 7) is 35.3. The average Bonchev–Trinajstić information content (AvgIpc) is 2.91. The summed E-state index contributed by atoms with van der Waals surface area (Å²) < 4.78 is 44.7. The number of amides is 1. The van der Waals surface area contributed by atoms with Gasteiger partial charge >= 0.3 is 18.1 Å². The molecule has 0 aliphatic carbocycles. The molecule has 276 valence electrons. The first-order chi connectivity index (χ1) is 21.3. The number of nitrogens with two attached hydrogens (primary N) is 1. The van der Waals surface area contributed by atoms with Crippen molar-refractivity contribution in [3.05, 3.63) is 47.7 Å². The minimum absolute atomic E-state index is 0.0641. The predicted octanol–water partition coefficient (Wildman–Crippen LogP) is 8.44. The quantitative estimate of drug-likeness (QED) is 0.196. The Labute approximate surface area is 284 Å². The summed E-state index contributed by atoms with van der Waals surface area (Å²) in [5.41, 5.74) is 5.53. The second kappa shape index (κ2) is 25.0. The summed E-state index contributed by atoms with van der Waals surface area (Å²) in [6.07, 6.45) is 0.221. The Bertz CT molecular complexity index is 1020. The Morgan fingerprint density at radius 2 is 1.43 bits per heavy atom. The third-order valence-electron chi connectivity index (χ3n) is 5.45. The number of halogens is 3. The average molecular weight is 678 g/mol. The highest BCUT2D eigenvalue weighted by Crippen LogP contribution is 2.25. The third kappa shape index (κ3) is 27.7. The van der Waals surface area contributed by atoms with Crippen LogP contribution in [0.15, 0.2) is 47.7 Å². The van der Waals surface area contributed by atoms with E-state index in [2.05, 4.69) is 32.3 Å². The van der Waals surface area contributed by atoms with Crippen LogP contribution < -0.4 is 11.1 Å². The number of carbonyl (C=O) groups excluding carboxylic acids is 3. The zero-order chi connectivity index (χ0) is 38.3. The number of hydrogen-bond donors (Lipinski definition) is 2. The lowest BCUT2D eigenvalue weighted by Gasteiger charge is -2.33. The van der Waals surface area contributed by atoms with Crippen molar-refractivity contribution in [1.29, 1.82) is 0 Å². The van der Waals surface area contributed by atoms with E-state index in [-0.39, 0.29) is 36.6 Å². The van der Waals surface area contributed by atoms with Crippen molar-refractivity contribution < 1.29 is 37.0 Å². The minimum Gasteiger partial charge on any atom is -0.460 e. The predicted molar refractivity (Wildman–Crippen MR) is 189 cm³/mol. The number of nitrogens with zero attached hydrogens (tertiary/aromatic N) is 1. The second-order valence-electron chi connectivity index (χ2n) is 12.7. The second-order valence-corrected chi connectivity index (χ2v) is 12.7. The van der Waals surface area contributed by atoms with Crippen LogP contribution in [0, 0.1) is 5.92 Å². The molecule has 0 bridgehead atoms. The maximum atomic E-state index is 13.2. The van der Waals surface area contributed by atoms with Crippen molar-refractivity contribution in [3.63, 3.8) is 0 Å².